The molecule has 0 saturated carbocycles. The Bertz CT molecular complexity index is 545. The molecule has 0 spiro atoms. The highest BCUT2D eigenvalue weighted by Gasteiger charge is 2.20. The van der Waals surface area contributed by atoms with Crippen molar-refractivity contribution < 1.29 is 14.4 Å². The lowest BCUT2D eigenvalue weighted by molar-refractivity contribution is 0.0686. The van der Waals surface area contributed by atoms with Crippen molar-refractivity contribution in [2.45, 2.75) is 11.8 Å². The molecule has 1 heterocycles. The van der Waals surface area contributed by atoms with Crippen molar-refractivity contribution in [2.24, 2.45) is 0 Å². The van der Waals surface area contributed by atoms with E-state index in [9.17, 15) is 4.79 Å². The average Bonchev–Trinajstić information content (AvgIpc) is 2.71. The molecular weight excluding hydrogens is 238 g/mol. The van der Waals surface area contributed by atoms with Crippen LogP contribution in [0.5, 0.6) is 0 Å². The molecule has 0 amide bonds. The number of nitrogens with zero attached hydrogens (tertiary/aromatic N) is 1. The topological polar surface area (TPSA) is 63.3 Å². The summed E-state index contributed by atoms with van der Waals surface area (Å²) in [5, 5.41) is 12.6. The Morgan fingerprint density at radius 3 is 2.53 bits per heavy atom. The summed E-state index contributed by atoms with van der Waals surface area (Å²) in [7, 11) is 0. The number of carboxylic acids is 1. The van der Waals surface area contributed by atoms with Crippen LogP contribution in [0.1, 0.15) is 16.2 Å². The predicted octanol–water partition coefficient (Wildman–Crippen LogP) is 3.07. The first kappa shape index (κ1) is 11.7. The summed E-state index contributed by atoms with van der Waals surface area (Å²) < 4.78 is 4.93. The van der Waals surface area contributed by atoms with Crippen LogP contribution in [0.15, 0.2) is 33.7 Å². The molecule has 0 saturated heterocycles. The van der Waals surface area contributed by atoms with Gasteiger partial charge >= 0.3 is 5.97 Å². The van der Waals surface area contributed by atoms with Gasteiger partial charge in [-0.1, -0.05) is 17.3 Å². The third-order valence-electron chi connectivity index (χ3n) is 2.44. The molecule has 1 N–H and O–H groups in total. The Hall–Kier alpha value is -1.75. The second-order valence-electron chi connectivity index (χ2n) is 3.50. The number of aromatic carboxylic acids is 1. The molecule has 2 aromatic rings. The Morgan fingerprint density at radius 2 is 2.00 bits per heavy atom. The summed E-state index contributed by atoms with van der Waals surface area (Å²) in [5.41, 5.74) is 1.31. The van der Waals surface area contributed by atoms with E-state index in [4.69, 9.17) is 9.63 Å². The molecule has 0 bridgehead atoms. The highest BCUT2D eigenvalue weighted by molar-refractivity contribution is 7.98. The lowest BCUT2D eigenvalue weighted by Gasteiger charge is -2.01. The molecule has 1 aromatic carbocycles. The van der Waals surface area contributed by atoms with Crippen LogP contribution in [-0.4, -0.2) is 22.5 Å². The van der Waals surface area contributed by atoms with Crippen LogP contribution >= 0.6 is 11.8 Å². The zero-order valence-electron chi connectivity index (χ0n) is 9.43. The van der Waals surface area contributed by atoms with Crippen molar-refractivity contribution in [3.8, 4) is 11.1 Å². The van der Waals surface area contributed by atoms with Crippen LogP contribution < -0.4 is 0 Å². The molecule has 0 aliphatic heterocycles. The Labute approximate surface area is 103 Å². The van der Waals surface area contributed by atoms with E-state index >= 15 is 0 Å². The fourth-order valence-electron chi connectivity index (χ4n) is 1.62. The SMILES string of the molecule is CSc1ccc(-c2c(C(=O)O)noc2C)cc1. The smallest absolute Gasteiger partial charge is 0.358 e. The van der Waals surface area contributed by atoms with Crippen molar-refractivity contribution in [3.05, 3.63) is 35.7 Å². The number of benzene rings is 1. The second kappa shape index (κ2) is 4.63. The molecule has 0 radical (unpaired) electrons. The minimum atomic E-state index is -1.08. The van der Waals surface area contributed by atoms with Crippen molar-refractivity contribution in [1.29, 1.82) is 0 Å². The minimum Gasteiger partial charge on any atom is -0.476 e. The van der Waals surface area contributed by atoms with Crippen LogP contribution in [0.3, 0.4) is 0 Å². The van der Waals surface area contributed by atoms with Crippen LogP contribution in [0, 0.1) is 6.92 Å². The zero-order chi connectivity index (χ0) is 12.4. The molecule has 0 aliphatic rings. The van der Waals surface area contributed by atoms with E-state index in [2.05, 4.69) is 5.16 Å². The van der Waals surface area contributed by atoms with Gasteiger partial charge in [-0.2, -0.15) is 0 Å². The fraction of sp³-hybridized carbons (Fsp3) is 0.167. The van der Waals surface area contributed by atoms with Crippen molar-refractivity contribution in [3.63, 3.8) is 0 Å². The summed E-state index contributed by atoms with van der Waals surface area (Å²) in [6.45, 7) is 1.71. The van der Waals surface area contributed by atoms with Gasteiger partial charge in [-0.05, 0) is 30.9 Å². The van der Waals surface area contributed by atoms with Gasteiger partial charge in [0, 0.05) is 4.90 Å². The monoisotopic (exact) mass is 249 g/mol. The van der Waals surface area contributed by atoms with E-state index in [1.54, 1.807) is 18.7 Å². The van der Waals surface area contributed by atoms with Gasteiger partial charge in [-0.25, -0.2) is 4.79 Å². The molecule has 5 heteroatoms. The normalized spacial score (nSPS) is 10.5. The summed E-state index contributed by atoms with van der Waals surface area (Å²) in [4.78, 5) is 12.1. The van der Waals surface area contributed by atoms with Gasteiger partial charge in [0.2, 0.25) is 0 Å². The Balaban J connectivity index is 2.51. The largest absolute Gasteiger partial charge is 0.476 e. The van der Waals surface area contributed by atoms with Crippen LogP contribution in [-0.2, 0) is 0 Å². The molecule has 17 heavy (non-hydrogen) atoms. The molecule has 4 nitrogen and oxygen atoms in total. The number of hydrogen-bond acceptors (Lipinski definition) is 4. The lowest BCUT2D eigenvalue weighted by Crippen LogP contribution is -1.98. The van der Waals surface area contributed by atoms with E-state index in [0.717, 1.165) is 10.5 Å². The van der Waals surface area contributed by atoms with E-state index in [1.165, 1.54) is 0 Å². The first-order valence-electron chi connectivity index (χ1n) is 4.97. The van der Waals surface area contributed by atoms with Gasteiger partial charge in [0.15, 0.2) is 5.69 Å². The summed E-state index contributed by atoms with van der Waals surface area (Å²) >= 11 is 1.63. The van der Waals surface area contributed by atoms with Crippen molar-refractivity contribution >= 4 is 17.7 Å². The number of rotatable bonds is 3. The number of aromatic nitrogens is 1. The maximum atomic E-state index is 11.0. The zero-order valence-corrected chi connectivity index (χ0v) is 10.2. The van der Waals surface area contributed by atoms with E-state index in [1.807, 2.05) is 30.5 Å². The Morgan fingerprint density at radius 1 is 1.35 bits per heavy atom. The second-order valence-corrected chi connectivity index (χ2v) is 4.38. The number of aryl methyl sites for hydroxylation is 1. The van der Waals surface area contributed by atoms with E-state index in [0.29, 0.717) is 11.3 Å². The molecule has 0 atom stereocenters. The van der Waals surface area contributed by atoms with Gasteiger partial charge in [0.1, 0.15) is 5.76 Å². The van der Waals surface area contributed by atoms with E-state index < -0.39 is 5.97 Å². The number of thioether (sulfide) groups is 1. The van der Waals surface area contributed by atoms with Gasteiger partial charge < -0.3 is 9.63 Å². The van der Waals surface area contributed by atoms with Gasteiger partial charge in [0.25, 0.3) is 0 Å². The van der Waals surface area contributed by atoms with Gasteiger partial charge in [-0.3, -0.25) is 0 Å². The Kier molecular flexibility index (Phi) is 3.19. The van der Waals surface area contributed by atoms with E-state index in [-0.39, 0.29) is 5.69 Å². The molecule has 88 valence electrons. The molecule has 1 aromatic heterocycles. The van der Waals surface area contributed by atoms with Gasteiger partial charge in [0.05, 0.1) is 5.56 Å². The number of carbonyl (C=O) groups is 1. The fourth-order valence-corrected chi connectivity index (χ4v) is 2.02. The van der Waals surface area contributed by atoms with Crippen molar-refractivity contribution in [2.75, 3.05) is 6.26 Å². The lowest BCUT2D eigenvalue weighted by atomic mass is 10.0. The first-order valence-corrected chi connectivity index (χ1v) is 6.20. The number of hydrogen-bond donors (Lipinski definition) is 1. The number of carboxylic acid groups (broad SMARTS) is 1. The maximum absolute atomic E-state index is 11.0. The third kappa shape index (κ3) is 2.19. The predicted molar refractivity (Wildman–Crippen MR) is 65.4 cm³/mol. The standard InChI is InChI=1S/C12H11NO3S/c1-7-10(11(12(14)15)13-16-7)8-3-5-9(17-2)6-4-8/h3-6H,1-2H3,(H,14,15). The van der Waals surface area contributed by atoms with Crippen LogP contribution in [0.25, 0.3) is 11.1 Å². The summed E-state index contributed by atoms with van der Waals surface area (Å²) in [6, 6.07) is 7.63. The molecule has 0 aliphatic carbocycles. The maximum Gasteiger partial charge on any atom is 0.358 e. The molecule has 0 fully saturated rings. The van der Waals surface area contributed by atoms with Gasteiger partial charge in [-0.15, -0.1) is 11.8 Å². The highest BCUT2D eigenvalue weighted by atomic mass is 32.2. The van der Waals surface area contributed by atoms with Crippen LogP contribution in [0.2, 0.25) is 0 Å². The quantitative estimate of drug-likeness (QED) is 0.847. The third-order valence-corrected chi connectivity index (χ3v) is 3.19. The minimum absolute atomic E-state index is 0.0422. The first-order chi connectivity index (χ1) is 8.13. The van der Waals surface area contributed by atoms with Crippen LogP contribution in [0.4, 0.5) is 0 Å². The summed E-state index contributed by atoms with van der Waals surface area (Å²) in [6.07, 6.45) is 1.99. The molecular formula is C12H11NO3S. The molecule has 2 rings (SSSR count). The highest BCUT2D eigenvalue weighted by Crippen LogP contribution is 2.28. The average molecular weight is 249 g/mol. The van der Waals surface area contributed by atoms with Crippen molar-refractivity contribution in [1.82, 2.24) is 5.16 Å². The molecule has 0 unspecified atom stereocenters. The summed E-state index contributed by atoms with van der Waals surface area (Å²) in [5.74, 6) is -0.565.